The lowest BCUT2D eigenvalue weighted by atomic mass is 10.1. The topological polar surface area (TPSA) is 455 Å². The van der Waals surface area contributed by atoms with E-state index in [1.165, 1.54) is 52.7 Å². The third kappa shape index (κ3) is 29.3. The predicted octanol–water partition coefficient (Wildman–Crippen LogP) is 17.6. The van der Waals surface area contributed by atoms with Gasteiger partial charge in [0.05, 0.1) is 70.4 Å². The van der Waals surface area contributed by atoms with E-state index in [0.717, 1.165) is 227 Å². The Morgan fingerprint density at radius 1 is 0.338 bits per heavy atom. The SMILES string of the molecule is COC(=O)Cc1c(C)nc(Cc2ccc(N)cc2)nc1N1CCCC1.COC(=O)Cc1c(C)nc(Cc2ccc(NC(=O)c3ccc4ccccc4c3)cc2)nc1N1CCCC1.COC(=O)Cc1c(C)nc(Cc2ccc([N+](=O)[O-])cc2)nc1Cl.COC(=O)Cc1c(C)nc(Cc2ccc([N+](=O)[O-])cc2)nc1N1CCCC1.Cc1nc(Cc2ccc(NC(=O)c3ccc4ccccc4c3)cc2)nc(N2CCCC2)c1CC(=O)O. The molecule has 5 aromatic heterocycles. The third-order valence-electron chi connectivity index (χ3n) is 25.8. The number of aryl methyl sites for hydroxylation is 5. The van der Waals surface area contributed by atoms with Crippen molar-refractivity contribution in [3.8, 4) is 0 Å². The molecule has 4 saturated heterocycles. The van der Waals surface area contributed by atoms with Crippen molar-refractivity contribution in [3.05, 3.63) is 356 Å². The highest BCUT2D eigenvalue weighted by Gasteiger charge is 2.30. The minimum absolute atomic E-state index is 0.0129. The van der Waals surface area contributed by atoms with E-state index >= 15 is 0 Å². The Kier molecular flexibility index (Phi) is 37.0. The van der Waals surface area contributed by atoms with Gasteiger partial charge in [-0.25, -0.2) is 49.8 Å². The van der Waals surface area contributed by atoms with Gasteiger partial charge in [-0.3, -0.25) is 53.8 Å². The van der Waals surface area contributed by atoms with Crippen molar-refractivity contribution < 1.29 is 67.5 Å². The number of nitrogen functional groups attached to an aromatic ring is 1. The van der Waals surface area contributed by atoms with Crippen molar-refractivity contribution in [2.45, 2.75) is 150 Å². The number of non-ortho nitro benzene ring substituents is 2. The number of hydrogen-bond donors (Lipinski definition) is 4. The smallest absolute Gasteiger partial charge is 0.310 e. The maximum atomic E-state index is 12.8. The zero-order valence-electron chi connectivity index (χ0n) is 84.2. The first kappa shape index (κ1) is 107. The van der Waals surface area contributed by atoms with Crippen LogP contribution in [0.25, 0.3) is 21.5 Å². The van der Waals surface area contributed by atoms with Crippen LogP contribution in [0.1, 0.15) is 185 Å². The van der Waals surface area contributed by atoms with Gasteiger partial charge in [-0.15, -0.1) is 0 Å². The van der Waals surface area contributed by atoms with Gasteiger partial charge in [-0.05, 0) is 196 Å². The standard InChI is InChI=1S/C30H30N4O3.C29H28N4O3.C19H22N4O4.C19H24N4O2.C15H14ClN3O4/c1-20-26(19-28(35)37-2)29(34-15-5-6-16-34)33-27(31-20)17-21-9-13-25(14-10-21)32-30(36)24-12-11-22-7-3-4-8-23(22)18-24;1-19-25(18-27(34)35)28(33-14-4-5-15-33)32-26(30-19)16-20-8-12-24(13-9-20)31-29(36)23-11-10-21-6-2-3-7-22(21)17-23;1-13-16(12-18(24)27-2)19(22-9-3-4-10-22)21-17(20-13)11-14-5-7-15(8-6-14)23(25)26;1-13-16(12-18(24)25-2)19(23-9-3-4-10-23)22-17(21-13)11-14-5-7-15(20)8-6-14;1-9-12(8-14(20)23-2)15(16)18-13(17-9)7-10-3-5-11(6-4-10)19(21)22/h3-4,7-14,18H,5-6,15-17,19H2,1-2H3,(H,32,36);2-3,6-13,17H,4-5,14-16,18H2,1H3,(H,31,36)(H,34,35);5-8H,3-4,9-12H2,1-2H3;5-8H,3-4,9-12,20H2,1-2H3;3-6H,7-8H2,1-2H3. The number of aliphatic carboxylic acids is 1. The number of carboxylic acids is 1. The van der Waals surface area contributed by atoms with Gasteiger partial charge in [0, 0.05) is 193 Å². The zero-order valence-corrected chi connectivity index (χ0v) is 85.0. The number of nitro groups is 2. The molecular formula is C112H118ClN19O16. The van der Waals surface area contributed by atoms with Crippen LogP contribution >= 0.6 is 11.6 Å². The predicted molar refractivity (Wildman–Crippen MR) is 567 cm³/mol. The molecule has 148 heavy (non-hydrogen) atoms. The average molecular weight is 2020 g/mol. The molecule has 35 nitrogen and oxygen atoms in total. The Balaban J connectivity index is 0.000000148. The number of aromatic nitrogens is 10. The van der Waals surface area contributed by atoms with Gasteiger partial charge in [0.25, 0.3) is 23.2 Å². The van der Waals surface area contributed by atoms with Gasteiger partial charge >= 0.3 is 29.8 Å². The molecule has 0 spiro atoms. The molecule has 0 unspecified atom stereocenters. The molecule has 9 aromatic carbocycles. The van der Waals surface area contributed by atoms with Gasteiger partial charge in [-0.1, -0.05) is 133 Å². The first-order valence-electron chi connectivity index (χ1n) is 49.0. The number of methoxy groups -OCH3 is 4. The Bertz CT molecular complexity index is 7120. The Morgan fingerprint density at radius 2 is 0.588 bits per heavy atom. The summed E-state index contributed by atoms with van der Waals surface area (Å²) in [6, 6.07) is 63.0. The molecule has 5 N–H and O–H groups in total. The number of ether oxygens (including phenoxy) is 4. The number of benzene rings is 9. The van der Waals surface area contributed by atoms with Gasteiger partial charge < -0.3 is 60.0 Å². The minimum Gasteiger partial charge on any atom is -0.481 e. The number of nitrogens with zero attached hydrogens (tertiary/aromatic N) is 16. The second-order valence-corrected chi connectivity index (χ2v) is 36.7. The number of carboxylic acid groups (broad SMARTS) is 1. The van der Waals surface area contributed by atoms with Gasteiger partial charge in [0.2, 0.25) is 0 Å². The highest BCUT2D eigenvalue weighted by molar-refractivity contribution is 6.30. The van der Waals surface area contributed by atoms with Crippen molar-refractivity contribution in [2.24, 2.45) is 0 Å². The van der Waals surface area contributed by atoms with E-state index in [-0.39, 0.29) is 78.4 Å². The average Bonchev–Trinajstić information content (AvgIpc) is 1.53. The molecule has 0 bridgehead atoms. The monoisotopic (exact) mass is 2020 g/mol. The Hall–Kier alpha value is -16.7. The number of halogens is 1. The molecule has 4 fully saturated rings. The normalized spacial score (nSPS) is 12.9. The fraction of sp³-hybridized carbons (Fsp3) is 0.312. The van der Waals surface area contributed by atoms with Crippen LogP contribution in [0.4, 0.5) is 51.7 Å². The molecule has 0 aliphatic carbocycles. The largest absolute Gasteiger partial charge is 0.481 e. The number of carbonyl (C=O) groups excluding carboxylic acids is 6. The molecule has 764 valence electrons. The summed E-state index contributed by atoms with van der Waals surface area (Å²) in [6.07, 6.45) is 11.9. The van der Waals surface area contributed by atoms with Crippen LogP contribution in [0, 0.1) is 54.8 Å². The second-order valence-electron chi connectivity index (χ2n) is 36.4. The Labute approximate surface area is 861 Å². The summed E-state index contributed by atoms with van der Waals surface area (Å²) in [4.78, 5) is 160. The molecule has 9 heterocycles. The molecule has 0 radical (unpaired) electrons. The van der Waals surface area contributed by atoms with E-state index in [1.54, 1.807) is 31.2 Å². The highest BCUT2D eigenvalue weighted by Crippen LogP contribution is 2.34. The van der Waals surface area contributed by atoms with Crippen LogP contribution < -0.4 is 36.0 Å². The van der Waals surface area contributed by atoms with Crippen LogP contribution in [-0.2, 0) is 107 Å². The number of nitrogens with one attached hydrogen (secondary N) is 2. The van der Waals surface area contributed by atoms with Crippen LogP contribution in [0.5, 0.6) is 0 Å². The molecule has 14 aromatic rings. The van der Waals surface area contributed by atoms with Crippen molar-refractivity contribution in [1.82, 2.24) is 49.8 Å². The number of carbonyl (C=O) groups is 7. The fourth-order valence-corrected chi connectivity index (χ4v) is 18.2. The maximum Gasteiger partial charge on any atom is 0.310 e. The summed E-state index contributed by atoms with van der Waals surface area (Å²) >= 11 is 6.12. The number of nitro benzene ring substituents is 2. The molecule has 0 saturated carbocycles. The van der Waals surface area contributed by atoms with Crippen molar-refractivity contribution in [2.75, 3.05) is 117 Å². The second kappa shape index (κ2) is 51.2. The zero-order chi connectivity index (χ0) is 105. The number of anilines is 7. The van der Waals surface area contributed by atoms with Gasteiger partial charge in [0.15, 0.2) is 0 Å². The van der Waals surface area contributed by atoms with Crippen molar-refractivity contribution in [3.63, 3.8) is 0 Å². The highest BCUT2D eigenvalue weighted by atomic mass is 35.5. The van der Waals surface area contributed by atoms with Gasteiger partial charge in [-0.2, -0.15) is 0 Å². The van der Waals surface area contributed by atoms with E-state index in [2.05, 4.69) is 59.9 Å². The molecule has 4 aliphatic rings. The maximum absolute atomic E-state index is 12.8. The molecule has 0 atom stereocenters. The first-order valence-corrected chi connectivity index (χ1v) is 49.3. The molecule has 36 heteroatoms. The molecule has 4 aliphatic heterocycles. The summed E-state index contributed by atoms with van der Waals surface area (Å²) in [5.74, 6) is 4.04. The quantitative estimate of drug-likeness (QED) is 0.00811. The van der Waals surface area contributed by atoms with Crippen LogP contribution in [0.15, 0.2) is 206 Å². The lowest BCUT2D eigenvalue weighted by Gasteiger charge is -2.22. The molecule has 18 rings (SSSR count). The number of nitrogens with two attached hydrogens (primary N) is 1. The number of esters is 4. The van der Waals surface area contributed by atoms with Crippen molar-refractivity contribution in [1.29, 1.82) is 0 Å². The van der Waals surface area contributed by atoms with Crippen LogP contribution in [0.3, 0.4) is 0 Å². The number of fused-ring (bicyclic) bond motifs is 2. The molecular weight excluding hydrogens is 1900 g/mol. The summed E-state index contributed by atoms with van der Waals surface area (Å²) < 4.78 is 19.2. The summed E-state index contributed by atoms with van der Waals surface area (Å²) in [6.45, 7) is 16.7. The molecule has 2 amide bonds. The fourth-order valence-electron chi connectivity index (χ4n) is 17.9. The Morgan fingerprint density at radius 3 is 0.858 bits per heavy atom. The van der Waals surface area contributed by atoms with E-state index in [0.29, 0.717) is 94.7 Å². The number of amides is 2. The minimum atomic E-state index is -0.878. The summed E-state index contributed by atoms with van der Waals surface area (Å²) in [5, 5.41) is 41.2. The summed E-state index contributed by atoms with van der Waals surface area (Å²) in [5.41, 5.74) is 21.6. The van der Waals surface area contributed by atoms with Crippen LogP contribution in [-0.4, -0.2) is 187 Å². The van der Waals surface area contributed by atoms with Crippen LogP contribution in [0.2, 0.25) is 5.15 Å². The van der Waals surface area contributed by atoms with Gasteiger partial charge in [0.1, 0.15) is 57.5 Å². The lowest BCUT2D eigenvalue weighted by molar-refractivity contribution is -0.385. The number of rotatable bonds is 30. The lowest BCUT2D eigenvalue weighted by Crippen LogP contribution is -2.24. The third-order valence-corrected chi connectivity index (χ3v) is 26.2. The van der Waals surface area contributed by atoms with E-state index in [4.69, 9.17) is 56.5 Å². The number of hydrogen-bond acceptors (Lipinski definition) is 30. The summed E-state index contributed by atoms with van der Waals surface area (Å²) in [7, 11) is 5.48. The van der Waals surface area contributed by atoms with E-state index in [1.807, 2.05) is 185 Å². The van der Waals surface area contributed by atoms with E-state index in [9.17, 15) is 58.9 Å². The van der Waals surface area contributed by atoms with Crippen molar-refractivity contribution >= 4 is 127 Å². The van der Waals surface area contributed by atoms with E-state index < -0.39 is 21.8 Å². The first-order chi connectivity index (χ1) is 71.4.